The SMILES string of the molecule is CCc1cccc(CCOc2c(O)c(OC)c3c(c2O)C(=O)OC(O)C2(CC3)OC(Oc3cc(NC(C)CO)c(C(=O)O)cc3OCN=C(N)NCCCCO)C(O)C(O)C2O)c1. The second kappa shape index (κ2) is 21.5. The molecule has 0 bridgehead atoms. The van der Waals surface area contributed by atoms with Crippen LogP contribution < -0.4 is 35.3 Å². The van der Waals surface area contributed by atoms with Gasteiger partial charge in [0.2, 0.25) is 24.1 Å². The van der Waals surface area contributed by atoms with Crippen LogP contribution in [-0.2, 0) is 28.7 Å². The van der Waals surface area contributed by atoms with Crippen LogP contribution in [-0.4, -0.2) is 147 Å². The predicted octanol–water partition coefficient (Wildman–Crippen LogP) is 0.473. The van der Waals surface area contributed by atoms with Crippen LogP contribution in [0.5, 0.6) is 34.5 Å². The average molecular weight is 889 g/mol. The molecule has 7 unspecified atom stereocenters. The molecule has 1 spiro atoms. The van der Waals surface area contributed by atoms with Crippen LogP contribution in [0.2, 0.25) is 0 Å². The molecule has 21 nitrogen and oxygen atoms in total. The van der Waals surface area contributed by atoms with Gasteiger partial charge < -0.3 is 90.7 Å². The van der Waals surface area contributed by atoms with Gasteiger partial charge in [-0.05, 0) is 50.2 Å². The monoisotopic (exact) mass is 888 g/mol. The number of phenols is 2. The van der Waals surface area contributed by atoms with E-state index in [-0.39, 0.29) is 53.2 Å². The van der Waals surface area contributed by atoms with Gasteiger partial charge in [-0.2, -0.15) is 0 Å². The van der Waals surface area contributed by atoms with Crippen LogP contribution in [0, 0.1) is 0 Å². The summed E-state index contributed by atoms with van der Waals surface area (Å²) in [6, 6.07) is 9.26. The molecule has 2 aliphatic heterocycles. The number of fused-ring (bicyclic) bond motifs is 1. The number of aliphatic imine (C=N–C) groups is 1. The minimum atomic E-state index is -2.48. The fourth-order valence-electron chi connectivity index (χ4n) is 7.20. The quantitative estimate of drug-likeness (QED) is 0.0337. The summed E-state index contributed by atoms with van der Waals surface area (Å²) in [5.41, 5.74) is 4.34. The van der Waals surface area contributed by atoms with Crippen LogP contribution in [0.4, 0.5) is 5.69 Å². The Morgan fingerprint density at radius 1 is 1.02 bits per heavy atom. The highest BCUT2D eigenvalue weighted by Gasteiger charge is 2.60. The molecular formula is C42H56N4O17. The van der Waals surface area contributed by atoms with E-state index in [0.29, 0.717) is 25.8 Å². The number of esters is 1. The lowest BCUT2D eigenvalue weighted by Gasteiger charge is -2.50. The molecule has 0 saturated carbocycles. The number of nitrogens with one attached hydrogen (secondary N) is 2. The number of aromatic hydroxyl groups is 2. The first-order valence-corrected chi connectivity index (χ1v) is 20.3. The van der Waals surface area contributed by atoms with Crippen LogP contribution >= 0.6 is 0 Å². The number of hydrogen-bond acceptors (Lipinski definition) is 18. The van der Waals surface area contributed by atoms with Crippen LogP contribution in [0.3, 0.4) is 0 Å². The highest BCUT2D eigenvalue weighted by atomic mass is 16.7. The Balaban J connectivity index is 1.47. The number of carboxylic acids is 1. The third-order valence-corrected chi connectivity index (χ3v) is 10.7. The van der Waals surface area contributed by atoms with E-state index in [0.717, 1.165) is 29.7 Å². The van der Waals surface area contributed by atoms with E-state index >= 15 is 0 Å². The van der Waals surface area contributed by atoms with Crippen molar-refractivity contribution in [3.05, 3.63) is 64.2 Å². The molecule has 0 aromatic heterocycles. The molecule has 0 aliphatic carbocycles. The summed E-state index contributed by atoms with van der Waals surface area (Å²) in [4.78, 5) is 30.2. The molecule has 346 valence electrons. The summed E-state index contributed by atoms with van der Waals surface area (Å²) in [6.07, 6.45) is -9.47. The largest absolute Gasteiger partial charge is 0.504 e. The molecular weight excluding hydrogens is 832 g/mol. The number of aryl methyl sites for hydroxylation is 1. The maximum Gasteiger partial charge on any atom is 0.344 e. The van der Waals surface area contributed by atoms with Gasteiger partial charge in [0.1, 0.15) is 23.9 Å². The van der Waals surface area contributed by atoms with Gasteiger partial charge in [-0.25, -0.2) is 14.6 Å². The summed E-state index contributed by atoms with van der Waals surface area (Å²) in [5.74, 6) is -5.72. The van der Waals surface area contributed by atoms with Crippen molar-refractivity contribution in [3.8, 4) is 34.5 Å². The lowest BCUT2D eigenvalue weighted by atomic mass is 9.80. The number of ether oxygens (including phenoxy) is 6. The number of carboxylic acid groups (broad SMARTS) is 1. The van der Waals surface area contributed by atoms with E-state index in [1.165, 1.54) is 7.11 Å². The molecule has 1 saturated heterocycles. The van der Waals surface area contributed by atoms with Crippen LogP contribution in [0.1, 0.15) is 70.5 Å². The first-order valence-electron chi connectivity index (χ1n) is 20.3. The zero-order valence-electron chi connectivity index (χ0n) is 35.0. The number of rotatable bonds is 19. The maximum atomic E-state index is 13.8. The Hall–Kier alpha value is -5.81. The van der Waals surface area contributed by atoms with Gasteiger partial charge in [0.25, 0.3) is 0 Å². The molecule has 0 radical (unpaired) electrons. The van der Waals surface area contributed by atoms with E-state index in [1.54, 1.807) is 6.92 Å². The molecule has 2 heterocycles. The fraction of sp³-hybridized carbons (Fsp3) is 0.500. The predicted molar refractivity (Wildman–Crippen MR) is 222 cm³/mol. The highest BCUT2D eigenvalue weighted by molar-refractivity contribution is 5.97. The minimum absolute atomic E-state index is 0.0103. The molecule has 63 heavy (non-hydrogen) atoms. The smallest absolute Gasteiger partial charge is 0.344 e. The van der Waals surface area contributed by atoms with Gasteiger partial charge >= 0.3 is 11.9 Å². The summed E-state index contributed by atoms with van der Waals surface area (Å²) in [6.45, 7) is 3.00. The van der Waals surface area contributed by atoms with Gasteiger partial charge in [-0.3, -0.25) is 0 Å². The lowest BCUT2D eigenvalue weighted by Crippen LogP contribution is -2.70. The zero-order chi connectivity index (χ0) is 46.0. The zero-order valence-corrected chi connectivity index (χ0v) is 35.0. The number of carbonyl (C=O) groups is 2. The summed E-state index contributed by atoms with van der Waals surface area (Å²) < 4.78 is 34.4. The Morgan fingerprint density at radius 3 is 2.44 bits per heavy atom. The molecule has 7 atom stereocenters. The Labute approximate surface area is 362 Å². The third kappa shape index (κ3) is 10.9. The van der Waals surface area contributed by atoms with Gasteiger partial charge in [0, 0.05) is 43.3 Å². The number of nitrogens with two attached hydrogens (primary N) is 1. The van der Waals surface area contributed by atoms with Gasteiger partial charge in [0.05, 0.1) is 31.6 Å². The molecule has 3 aromatic carbocycles. The topological polar surface area (TPSA) is 334 Å². The third-order valence-electron chi connectivity index (χ3n) is 10.7. The number of aromatic carboxylic acids is 1. The second-order valence-electron chi connectivity index (χ2n) is 15.0. The normalized spacial score (nSPS) is 22.8. The first-order chi connectivity index (χ1) is 30.1. The number of nitrogens with zero attached hydrogens (tertiary/aromatic N) is 1. The van der Waals surface area contributed by atoms with Gasteiger partial charge in [-0.15, -0.1) is 0 Å². The van der Waals surface area contributed by atoms with Crippen molar-refractivity contribution in [2.24, 2.45) is 10.7 Å². The number of cyclic esters (lactones) is 1. The van der Waals surface area contributed by atoms with E-state index in [4.69, 9.17) is 39.3 Å². The molecule has 3 aromatic rings. The number of carbonyl (C=O) groups excluding carboxylic acids is 1. The van der Waals surface area contributed by atoms with Crippen LogP contribution in [0.15, 0.2) is 41.4 Å². The number of phenolic OH excluding ortho intramolecular Hbond substituents is 2. The standard InChI is InChI=1S/C42H56N4O17/c1-4-22-8-7-9-23(16-22)11-15-59-35-30(49)29-24(34(58-3)33(35)52)10-12-42(40(57)62-38(29)56)36(53)31(50)32(51)39(63-42)61-28-18-26(46-21(2)19-48)25(37(54)55)17-27(28)60-20-45-41(43)44-13-5-6-14-47/h7-9,16-18,21,31-32,36,39-40,46-53,57H,4-6,10-15,19-20H2,1-3H3,(H,54,55)(H3,43,44,45). The minimum Gasteiger partial charge on any atom is -0.504 e. The number of aliphatic hydroxyl groups is 6. The van der Waals surface area contributed by atoms with Crippen molar-refractivity contribution < 1.29 is 84.0 Å². The summed E-state index contributed by atoms with van der Waals surface area (Å²) in [7, 11) is 1.19. The number of anilines is 1. The van der Waals surface area contributed by atoms with E-state index in [1.807, 2.05) is 31.2 Å². The molecule has 13 N–H and O–H groups in total. The van der Waals surface area contributed by atoms with E-state index in [9.17, 15) is 50.4 Å². The lowest BCUT2D eigenvalue weighted by molar-refractivity contribution is -0.357. The van der Waals surface area contributed by atoms with E-state index < -0.39 is 103 Å². The molecule has 2 aliphatic rings. The summed E-state index contributed by atoms with van der Waals surface area (Å²) >= 11 is 0. The molecule has 5 rings (SSSR count). The Bertz CT molecular complexity index is 2100. The number of aliphatic hydroxyl groups excluding tert-OH is 6. The van der Waals surface area contributed by atoms with E-state index in [2.05, 4.69) is 15.6 Å². The fourth-order valence-corrected chi connectivity index (χ4v) is 7.20. The first kappa shape index (κ1) is 48.2. The van der Waals surface area contributed by atoms with Crippen molar-refractivity contribution in [1.29, 1.82) is 0 Å². The second-order valence-corrected chi connectivity index (χ2v) is 15.0. The number of methoxy groups -OCH3 is 1. The molecule has 0 amide bonds. The number of unbranched alkanes of at least 4 members (excludes halogenated alkanes) is 1. The van der Waals surface area contributed by atoms with Gasteiger partial charge in [0.15, 0.2) is 41.3 Å². The number of hydrogen-bond donors (Lipinski definition) is 12. The Kier molecular flexibility index (Phi) is 16.5. The van der Waals surface area contributed by atoms with Crippen molar-refractivity contribution in [2.45, 2.75) is 94.9 Å². The van der Waals surface area contributed by atoms with Crippen LogP contribution in [0.25, 0.3) is 0 Å². The van der Waals surface area contributed by atoms with Gasteiger partial charge in [-0.1, -0.05) is 31.2 Å². The Morgan fingerprint density at radius 2 is 1.76 bits per heavy atom. The number of guanidine groups is 1. The van der Waals surface area contributed by atoms with Crippen molar-refractivity contribution in [3.63, 3.8) is 0 Å². The van der Waals surface area contributed by atoms with Crippen molar-refractivity contribution >= 4 is 23.6 Å². The van der Waals surface area contributed by atoms with Crippen molar-refractivity contribution in [1.82, 2.24) is 5.32 Å². The highest BCUT2D eigenvalue weighted by Crippen LogP contribution is 2.51. The van der Waals surface area contributed by atoms with Crippen molar-refractivity contribution in [2.75, 3.05) is 45.5 Å². The molecule has 1 fully saturated rings. The maximum absolute atomic E-state index is 13.8. The number of benzene rings is 3. The average Bonchev–Trinajstić information content (AvgIpc) is 3.26. The molecule has 21 heteroatoms. The summed E-state index contributed by atoms with van der Waals surface area (Å²) in [5, 5.41) is 102.